The molecule has 0 saturated carbocycles. The number of unbranched alkanes of at least 4 members (excludes halogenated alkanes) is 1. The molecule has 2 aromatic carbocycles. The zero-order chi connectivity index (χ0) is 36.5. The molecule has 4 rings (SSSR count). The number of hydrogen-bond donors (Lipinski definition) is 3. The van der Waals surface area contributed by atoms with Gasteiger partial charge in [-0.2, -0.15) is 39.5 Å². The van der Waals surface area contributed by atoms with Crippen LogP contribution >= 0.6 is 0 Å². The molecule has 3 aromatic rings. The molecule has 1 aromatic heterocycles. The third-order valence-corrected chi connectivity index (χ3v) is 8.18. The van der Waals surface area contributed by atoms with Gasteiger partial charge in [0.25, 0.3) is 0 Å². The minimum absolute atomic E-state index is 0.00108. The number of fused-ring (bicyclic) bond motifs is 1. The van der Waals surface area contributed by atoms with Gasteiger partial charge in [0.2, 0.25) is 0 Å². The van der Waals surface area contributed by atoms with Gasteiger partial charge in [0.05, 0.1) is 40.9 Å². The molecule has 0 aliphatic carbocycles. The number of carboxylic acids is 1. The van der Waals surface area contributed by atoms with Crippen LogP contribution in [0, 0.1) is 0 Å². The first-order valence-electron chi connectivity index (χ1n) is 14.8. The summed E-state index contributed by atoms with van der Waals surface area (Å²) < 4.78 is 129. The van der Waals surface area contributed by atoms with Crippen LogP contribution in [-0.2, 0) is 29.7 Å². The summed E-state index contributed by atoms with van der Waals surface area (Å²) in [7, 11) is 0. The Morgan fingerprint density at radius 2 is 1.53 bits per heavy atom. The summed E-state index contributed by atoms with van der Waals surface area (Å²) in [5.74, 6) is -2.25. The molecule has 0 radical (unpaired) electrons. The summed E-state index contributed by atoms with van der Waals surface area (Å²) in [6.07, 6.45) is -16.3. The van der Waals surface area contributed by atoms with Crippen molar-refractivity contribution in [1.82, 2.24) is 4.98 Å². The van der Waals surface area contributed by atoms with E-state index in [1.54, 1.807) is 6.92 Å². The van der Waals surface area contributed by atoms with Crippen molar-refractivity contribution in [3.63, 3.8) is 0 Å². The molecule has 0 bridgehead atoms. The number of carboxylic acid groups (broad SMARTS) is 2. The quantitative estimate of drug-likeness (QED) is 0.143. The minimum Gasteiger partial charge on any atom is -0.492 e. The van der Waals surface area contributed by atoms with Gasteiger partial charge in [0, 0.05) is 12.3 Å². The van der Waals surface area contributed by atoms with Crippen molar-refractivity contribution in [1.29, 1.82) is 0 Å². The fourth-order valence-electron chi connectivity index (χ4n) is 5.79. The lowest BCUT2D eigenvalue weighted by atomic mass is 9.77. The van der Waals surface area contributed by atoms with Crippen molar-refractivity contribution in [2.75, 3.05) is 11.5 Å². The summed E-state index contributed by atoms with van der Waals surface area (Å²) in [6, 6.07) is 4.58. The topological polar surface area (TPSA) is 126 Å². The first kappa shape index (κ1) is 37.3. The van der Waals surface area contributed by atoms with Crippen molar-refractivity contribution < 1.29 is 64.1 Å². The molecule has 1 aliphatic rings. The van der Waals surface area contributed by atoms with E-state index in [-0.39, 0.29) is 73.0 Å². The van der Waals surface area contributed by atoms with Crippen LogP contribution in [0.25, 0.3) is 0 Å². The average molecular weight is 708 g/mol. The number of ether oxygens (including phenoxy) is 1. The van der Waals surface area contributed by atoms with Crippen molar-refractivity contribution >= 4 is 17.7 Å². The van der Waals surface area contributed by atoms with Crippen LogP contribution in [0.4, 0.5) is 50.0 Å². The van der Waals surface area contributed by atoms with Gasteiger partial charge < -0.3 is 20.7 Å². The number of carbonyl (C=O) groups is 2. The second-order valence-electron chi connectivity index (χ2n) is 11.6. The van der Waals surface area contributed by atoms with E-state index in [2.05, 4.69) is 4.98 Å². The molecule has 49 heavy (non-hydrogen) atoms. The minimum atomic E-state index is -5.16. The Kier molecular flexibility index (Phi) is 10.5. The van der Waals surface area contributed by atoms with Crippen molar-refractivity contribution in [3.05, 3.63) is 87.7 Å². The van der Waals surface area contributed by atoms with E-state index >= 15 is 0 Å². The van der Waals surface area contributed by atoms with Crippen LogP contribution in [0.3, 0.4) is 0 Å². The van der Waals surface area contributed by atoms with Gasteiger partial charge in [-0.05, 0) is 91.3 Å². The van der Waals surface area contributed by atoms with Gasteiger partial charge in [-0.25, -0.2) is 4.79 Å². The van der Waals surface area contributed by atoms with Crippen molar-refractivity contribution in [2.45, 2.75) is 75.6 Å². The highest BCUT2D eigenvalue weighted by atomic mass is 19.4. The first-order chi connectivity index (χ1) is 22.6. The molecule has 8 nitrogen and oxygen atoms in total. The van der Waals surface area contributed by atoms with Crippen LogP contribution in [0.15, 0.2) is 48.7 Å². The number of halogens is 9. The maximum Gasteiger partial charge on any atom is 0.416 e. The lowest BCUT2D eigenvalue weighted by Gasteiger charge is -2.46. The standard InChI is InChI=1S/C32H30F9N3O5/c1-2-29(42)15-24(23-14-19(30(33,34)35)6-7-25(23)44(29)28(47)48)27-18(12-22(16-43-27)49-8-4-3-5-26(45)46)9-17-10-20(31(36,37)38)13-21(11-17)32(39,40)41/h6-7,10-14,16,24H,2-5,8-9,15,42H2,1H3,(H,45,46)(H,47,48)/t24-,29+/m0/s1. The fourth-order valence-corrected chi connectivity index (χ4v) is 5.79. The Labute approximate surface area is 273 Å². The number of anilines is 1. The zero-order valence-corrected chi connectivity index (χ0v) is 25.6. The van der Waals surface area contributed by atoms with E-state index in [0.717, 1.165) is 23.2 Å². The third kappa shape index (κ3) is 8.55. The Morgan fingerprint density at radius 1 is 0.918 bits per heavy atom. The SMILES string of the molecule is CC[C@]1(N)C[C@H](c2ncc(OCCCCC(=O)O)cc2Cc2cc(C(F)(F)F)cc(C(F)(F)F)c2)c2cc(C(F)(F)F)ccc2N1C(=O)O. The molecule has 1 amide bonds. The molecular formula is C32H30F9N3O5. The van der Waals surface area contributed by atoms with Crippen LogP contribution in [0.2, 0.25) is 0 Å². The number of pyridine rings is 1. The fraction of sp³-hybridized carbons (Fsp3) is 0.406. The average Bonchev–Trinajstić information content (AvgIpc) is 2.98. The van der Waals surface area contributed by atoms with Crippen LogP contribution in [0.5, 0.6) is 5.75 Å². The Balaban J connectivity index is 1.91. The molecule has 0 fully saturated rings. The second kappa shape index (κ2) is 13.8. The third-order valence-electron chi connectivity index (χ3n) is 8.18. The summed E-state index contributed by atoms with van der Waals surface area (Å²) in [5.41, 5.74) is -0.410. The van der Waals surface area contributed by atoms with E-state index in [1.165, 1.54) is 6.07 Å². The molecule has 17 heteroatoms. The van der Waals surface area contributed by atoms with Gasteiger partial charge in [-0.3, -0.25) is 14.7 Å². The largest absolute Gasteiger partial charge is 0.492 e. The second-order valence-corrected chi connectivity index (χ2v) is 11.6. The lowest BCUT2D eigenvalue weighted by Crippen LogP contribution is -2.61. The smallest absolute Gasteiger partial charge is 0.416 e. The summed E-state index contributed by atoms with van der Waals surface area (Å²) >= 11 is 0. The monoisotopic (exact) mass is 707 g/mol. The number of aliphatic carboxylic acids is 1. The summed E-state index contributed by atoms with van der Waals surface area (Å²) in [5, 5.41) is 18.9. The highest BCUT2D eigenvalue weighted by molar-refractivity contribution is 5.90. The Bertz CT molecular complexity index is 1680. The first-order valence-corrected chi connectivity index (χ1v) is 14.8. The van der Waals surface area contributed by atoms with E-state index in [0.29, 0.717) is 18.2 Å². The van der Waals surface area contributed by atoms with Crippen LogP contribution in [0.1, 0.15) is 84.0 Å². The highest BCUT2D eigenvalue weighted by Crippen LogP contribution is 2.48. The van der Waals surface area contributed by atoms with E-state index < -0.39 is 70.8 Å². The van der Waals surface area contributed by atoms with Gasteiger partial charge in [-0.15, -0.1) is 0 Å². The normalized spacial score (nSPS) is 18.3. The maximum atomic E-state index is 13.9. The number of nitrogens with zero attached hydrogens (tertiary/aromatic N) is 2. The maximum absolute atomic E-state index is 13.9. The van der Waals surface area contributed by atoms with Crippen LogP contribution < -0.4 is 15.4 Å². The Morgan fingerprint density at radius 3 is 2.06 bits per heavy atom. The number of hydrogen-bond acceptors (Lipinski definition) is 5. The number of aromatic nitrogens is 1. The van der Waals surface area contributed by atoms with E-state index in [1.807, 2.05) is 0 Å². The van der Waals surface area contributed by atoms with Crippen molar-refractivity contribution in [3.8, 4) is 5.75 Å². The molecule has 266 valence electrons. The molecule has 0 spiro atoms. The summed E-state index contributed by atoms with van der Waals surface area (Å²) in [4.78, 5) is 28.2. The van der Waals surface area contributed by atoms with E-state index in [4.69, 9.17) is 15.6 Å². The van der Waals surface area contributed by atoms with E-state index in [9.17, 15) is 54.2 Å². The number of nitrogens with two attached hydrogens (primary N) is 1. The molecule has 2 heterocycles. The van der Waals surface area contributed by atoms with Gasteiger partial charge in [-0.1, -0.05) is 6.92 Å². The van der Waals surface area contributed by atoms with Crippen LogP contribution in [-0.4, -0.2) is 39.5 Å². The van der Waals surface area contributed by atoms with Gasteiger partial charge in [0.15, 0.2) is 0 Å². The van der Waals surface area contributed by atoms with Gasteiger partial charge in [0.1, 0.15) is 11.4 Å². The predicted molar refractivity (Wildman–Crippen MR) is 156 cm³/mol. The predicted octanol–water partition coefficient (Wildman–Crippen LogP) is 8.45. The molecule has 4 N–H and O–H groups in total. The molecule has 0 saturated heterocycles. The number of alkyl halides is 9. The lowest BCUT2D eigenvalue weighted by molar-refractivity contribution is -0.143. The number of rotatable bonds is 10. The van der Waals surface area contributed by atoms with Crippen molar-refractivity contribution in [2.24, 2.45) is 5.73 Å². The number of benzene rings is 2. The number of amides is 1. The highest BCUT2D eigenvalue weighted by Gasteiger charge is 2.47. The zero-order valence-electron chi connectivity index (χ0n) is 25.6. The molecule has 0 unspecified atom stereocenters. The molecule has 1 aliphatic heterocycles. The van der Waals surface area contributed by atoms with Gasteiger partial charge >= 0.3 is 30.6 Å². The summed E-state index contributed by atoms with van der Waals surface area (Å²) in [6.45, 7) is 1.51. The molecular weight excluding hydrogens is 677 g/mol. The Hall–Kier alpha value is -4.54. The molecule has 2 atom stereocenters.